The van der Waals surface area contributed by atoms with Crippen molar-refractivity contribution in [2.45, 2.75) is 0 Å². The lowest BCUT2D eigenvalue weighted by Gasteiger charge is -2.09. The zero-order valence-corrected chi connectivity index (χ0v) is 16.4. The molecule has 4 aromatic rings. The maximum absolute atomic E-state index is 13.1. The van der Waals surface area contributed by atoms with E-state index < -0.39 is 0 Å². The van der Waals surface area contributed by atoms with Gasteiger partial charge in [-0.3, -0.25) is 4.79 Å². The Kier molecular flexibility index (Phi) is 5.31. The number of anilines is 1. The number of hydrogen-bond acceptors (Lipinski definition) is 3. The Hall–Kier alpha value is -3.57. The van der Waals surface area contributed by atoms with Crippen LogP contribution in [-0.4, -0.2) is 22.8 Å². The molecule has 0 aliphatic rings. The van der Waals surface area contributed by atoms with Crippen LogP contribution in [0.4, 0.5) is 5.69 Å². The Labute approximate surface area is 173 Å². The molecule has 144 valence electrons. The summed E-state index contributed by atoms with van der Waals surface area (Å²) in [5.74, 6) is 0.311. The summed E-state index contributed by atoms with van der Waals surface area (Å²) in [5, 5.41) is 8.21. The SMILES string of the molecule is COc1ccccc1NC(=O)c1cn(-c2ccccc2)nc1-c1ccc(Cl)cc1. The van der Waals surface area contributed by atoms with Crippen LogP contribution in [0.2, 0.25) is 5.02 Å². The van der Waals surface area contributed by atoms with Crippen LogP contribution in [0, 0.1) is 0 Å². The molecule has 0 radical (unpaired) electrons. The largest absolute Gasteiger partial charge is 0.495 e. The quantitative estimate of drug-likeness (QED) is 0.481. The molecular formula is C23H18ClN3O2. The van der Waals surface area contributed by atoms with E-state index >= 15 is 0 Å². The molecule has 29 heavy (non-hydrogen) atoms. The van der Waals surface area contributed by atoms with E-state index in [0.29, 0.717) is 27.7 Å². The first kappa shape index (κ1) is 18.8. The molecule has 0 bridgehead atoms. The minimum absolute atomic E-state index is 0.276. The van der Waals surface area contributed by atoms with Crippen molar-refractivity contribution in [3.8, 4) is 22.7 Å². The predicted molar refractivity (Wildman–Crippen MR) is 115 cm³/mol. The Morgan fingerprint density at radius 2 is 1.66 bits per heavy atom. The number of nitrogens with zero attached hydrogens (tertiary/aromatic N) is 2. The van der Waals surface area contributed by atoms with Crippen LogP contribution < -0.4 is 10.1 Å². The fourth-order valence-electron chi connectivity index (χ4n) is 3.01. The number of amides is 1. The molecule has 0 saturated heterocycles. The van der Waals surface area contributed by atoms with Gasteiger partial charge in [-0.25, -0.2) is 4.68 Å². The number of benzene rings is 3. The Morgan fingerprint density at radius 1 is 0.966 bits per heavy atom. The fraction of sp³-hybridized carbons (Fsp3) is 0.0435. The minimum atomic E-state index is -0.276. The molecule has 1 heterocycles. The Morgan fingerprint density at radius 3 is 2.38 bits per heavy atom. The molecule has 5 nitrogen and oxygen atoms in total. The van der Waals surface area contributed by atoms with Crippen LogP contribution in [0.25, 0.3) is 16.9 Å². The number of methoxy groups -OCH3 is 1. The highest BCUT2D eigenvalue weighted by atomic mass is 35.5. The number of ether oxygens (including phenoxy) is 1. The predicted octanol–water partition coefficient (Wildman–Crippen LogP) is 5.45. The van der Waals surface area contributed by atoms with Gasteiger partial charge in [0, 0.05) is 16.8 Å². The molecule has 0 fully saturated rings. The maximum Gasteiger partial charge on any atom is 0.259 e. The molecule has 0 spiro atoms. The van der Waals surface area contributed by atoms with Crippen molar-refractivity contribution in [1.82, 2.24) is 9.78 Å². The lowest BCUT2D eigenvalue weighted by Crippen LogP contribution is -2.13. The molecule has 1 amide bonds. The van der Waals surface area contributed by atoms with Crippen LogP contribution in [0.1, 0.15) is 10.4 Å². The van der Waals surface area contributed by atoms with Gasteiger partial charge < -0.3 is 10.1 Å². The summed E-state index contributed by atoms with van der Waals surface area (Å²) in [7, 11) is 1.57. The summed E-state index contributed by atoms with van der Waals surface area (Å²) >= 11 is 6.02. The van der Waals surface area contributed by atoms with Crippen molar-refractivity contribution in [3.05, 3.63) is 95.6 Å². The molecular weight excluding hydrogens is 386 g/mol. The van der Waals surface area contributed by atoms with Crippen LogP contribution in [-0.2, 0) is 0 Å². The maximum atomic E-state index is 13.1. The van der Waals surface area contributed by atoms with Crippen molar-refractivity contribution < 1.29 is 9.53 Å². The first-order valence-electron chi connectivity index (χ1n) is 9.01. The molecule has 1 aromatic heterocycles. The van der Waals surface area contributed by atoms with Crippen LogP contribution >= 0.6 is 11.6 Å². The number of para-hydroxylation sites is 3. The van der Waals surface area contributed by atoms with E-state index in [1.807, 2.05) is 54.6 Å². The molecule has 0 saturated carbocycles. The summed E-state index contributed by atoms with van der Waals surface area (Å²) in [5.41, 5.74) is 3.27. The van der Waals surface area contributed by atoms with E-state index in [1.165, 1.54) is 0 Å². The van der Waals surface area contributed by atoms with Crippen LogP contribution in [0.5, 0.6) is 5.75 Å². The molecule has 3 aromatic carbocycles. The van der Waals surface area contributed by atoms with E-state index in [2.05, 4.69) is 10.4 Å². The lowest BCUT2D eigenvalue weighted by molar-refractivity contribution is 0.102. The third-order valence-corrected chi connectivity index (χ3v) is 4.70. The van der Waals surface area contributed by atoms with Gasteiger partial charge in [0.15, 0.2) is 0 Å². The lowest BCUT2D eigenvalue weighted by atomic mass is 10.1. The molecule has 0 aliphatic carbocycles. The van der Waals surface area contributed by atoms with Crippen molar-refractivity contribution in [2.75, 3.05) is 12.4 Å². The minimum Gasteiger partial charge on any atom is -0.495 e. The number of halogens is 1. The van der Waals surface area contributed by atoms with Gasteiger partial charge in [0.05, 0.1) is 24.0 Å². The van der Waals surface area contributed by atoms with Gasteiger partial charge in [-0.2, -0.15) is 5.10 Å². The van der Waals surface area contributed by atoms with E-state index in [9.17, 15) is 4.79 Å². The van der Waals surface area contributed by atoms with Crippen molar-refractivity contribution in [1.29, 1.82) is 0 Å². The number of nitrogens with one attached hydrogen (secondary N) is 1. The number of hydrogen-bond donors (Lipinski definition) is 1. The number of rotatable bonds is 5. The third kappa shape index (κ3) is 4.00. The molecule has 0 atom stereocenters. The van der Waals surface area contributed by atoms with Crippen LogP contribution in [0.15, 0.2) is 85.1 Å². The number of aromatic nitrogens is 2. The van der Waals surface area contributed by atoms with Gasteiger partial charge in [0.2, 0.25) is 0 Å². The summed E-state index contributed by atoms with van der Waals surface area (Å²) in [4.78, 5) is 13.1. The van der Waals surface area contributed by atoms with E-state index in [0.717, 1.165) is 11.3 Å². The van der Waals surface area contributed by atoms with E-state index in [1.54, 1.807) is 42.3 Å². The second kappa shape index (κ2) is 8.20. The first-order chi connectivity index (χ1) is 14.2. The zero-order chi connectivity index (χ0) is 20.2. The first-order valence-corrected chi connectivity index (χ1v) is 9.39. The standard InChI is InChI=1S/C23H18ClN3O2/c1-29-21-10-6-5-9-20(21)25-23(28)19-15-27(18-7-3-2-4-8-18)26-22(19)16-11-13-17(24)14-12-16/h2-15H,1H3,(H,25,28). The van der Waals surface area contributed by atoms with Gasteiger partial charge in [-0.1, -0.05) is 54.1 Å². The summed E-state index contributed by atoms with van der Waals surface area (Å²) in [6.45, 7) is 0. The van der Waals surface area contributed by atoms with Gasteiger partial charge >= 0.3 is 0 Å². The van der Waals surface area contributed by atoms with Crippen molar-refractivity contribution >= 4 is 23.2 Å². The second-order valence-corrected chi connectivity index (χ2v) is 6.77. The smallest absolute Gasteiger partial charge is 0.259 e. The van der Waals surface area contributed by atoms with Gasteiger partial charge in [-0.05, 0) is 36.4 Å². The fourth-order valence-corrected chi connectivity index (χ4v) is 3.14. The summed E-state index contributed by atoms with van der Waals surface area (Å²) in [6.07, 6.45) is 1.73. The molecule has 4 rings (SSSR count). The Bertz CT molecular complexity index is 1140. The van der Waals surface area contributed by atoms with Crippen molar-refractivity contribution in [3.63, 3.8) is 0 Å². The molecule has 0 aliphatic heterocycles. The average molecular weight is 404 g/mol. The number of carbonyl (C=O) groups excluding carboxylic acids is 1. The number of carbonyl (C=O) groups is 1. The summed E-state index contributed by atoms with van der Waals surface area (Å²) in [6, 6.07) is 24.2. The topological polar surface area (TPSA) is 56.1 Å². The average Bonchev–Trinajstić information content (AvgIpc) is 3.21. The van der Waals surface area contributed by atoms with Crippen molar-refractivity contribution in [2.24, 2.45) is 0 Å². The van der Waals surface area contributed by atoms with Crippen LogP contribution in [0.3, 0.4) is 0 Å². The Balaban J connectivity index is 1.77. The molecule has 1 N–H and O–H groups in total. The van der Waals surface area contributed by atoms with Gasteiger partial charge in [0.25, 0.3) is 5.91 Å². The third-order valence-electron chi connectivity index (χ3n) is 4.45. The highest BCUT2D eigenvalue weighted by molar-refractivity contribution is 6.30. The summed E-state index contributed by atoms with van der Waals surface area (Å²) < 4.78 is 7.03. The van der Waals surface area contributed by atoms with Gasteiger partial charge in [-0.15, -0.1) is 0 Å². The highest BCUT2D eigenvalue weighted by Gasteiger charge is 2.20. The van der Waals surface area contributed by atoms with E-state index in [-0.39, 0.29) is 5.91 Å². The second-order valence-electron chi connectivity index (χ2n) is 6.33. The highest BCUT2D eigenvalue weighted by Crippen LogP contribution is 2.28. The molecule has 0 unspecified atom stereocenters. The normalized spacial score (nSPS) is 10.6. The zero-order valence-electron chi connectivity index (χ0n) is 15.7. The molecule has 6 heteroatoms. The monoisotopic (exact) mass is 403 g/mol. The van der Waals surface area contributed by atoms with Gasteiger partial charge in [0.1, 0.15) is 11.4 Å². The van der Waals surface area contributed by atoms with E-state index in [4.69, 9.17) is 16.3 Å².